The quantitative estimate of drug-likeness (QED) is 0.774. The third-order valence-electron chi connectivity index (χ3n) is 2.03. The number of hydrogen-bond donors (Lipinski definition) is 2. The number of aliphatic hydroxyl groups is 1. The van der Waals surface area contributed by atoms with Crippen LogP contribution in [0.2, 0.25) is 0 Å². The van der Waals surface area contributed by atoms with Crippen molar-refractivity contribution in [2.75, 3.05) is 12.8 Å². The molecule has 0 amide bonds. The predicted octanol–water partition coefficient (Wildman–Crippen LogP) is 1.84. The number of aromatic nitrogens is 2. The summed E-state index contributed by atoms with van der Waals surface area (Å²) in [6, 6.07) is 0. The smallest absolute Gasteiger partial charge is 0.175 e. The highest BCUT2D eigenvalue weighted by Gasteiger charge is 2.22. The zero-order valence-electron chi connectivity index (χ0n) is 9.64. The van der Waals surface area contributed by atoms with Crippen LogP contribution in [0.5, 0.6) is 0 Å². The summed E-state index contributed by atoms with van der Waals surface area (Å²) < 4.78 is 1.92. The molecule has 0 bridgehead atoms. The van der Waals surface area contributed by atoms with Crippen molar-refractivity contribution in [1.82, 2.24) is 10.2 Å². The maximum atomic E-state index is 9.85. The second kappa shape index (κ2) is 6.20. The van der Waals surface area contributed by atoms with E-state index in [0.717, 1.165) is 8.68 Å². The van der Waals surface area contributed by atoms with Crippen LogP contribution in [0, 0.1) is 0 Å². The number of thioether (sulfide) groups is 2. The highest BCUT2D eigenvalue weighted by Crippen LogP contribution is 2.32. The van der Waals surface area contributed by atoms with E-state index in [0.29, 0.717) is 6.42 Å². The zero-order chi connectivity index (χ0) is 12.2. The fourth-order valence-electron chi connectivity index (χ4n) is 1.24. The van der Waals surface area contributed by atoms with Gasteiger partial charge in [0.1, 0.15) is 0 Å². The molecule has 3 N–H and O–H groups in total. The lowest BCUT2D eigenvalue weighted by atomic mass is 10.0. The van der Waals surface area contributed by atoms with Crippen molar-refractivity contribution in [3.63, 3.8) is 0 Å². The van der Waals surface area contributed by atoms with Crippen molar-refractivity contribution in [3.8, 4) is 0 Å². The Kier molecular flexibility index (Phi) is 5.52. The molecule has 1 rings (SSSR count). The van der Waals surface area contributed by atoms with Crippen LogP contribution >= 0.6 is 34.9 Å². The van der Waals surface area contributed by atoms with Crippen LogP contribution in [0.3, 0.4) is 0 Å². The topological polar surface area (TPSA) is 72.0 Å². The maximum Gasteiger partial charge on any atom is 0.175 e. The number of hydrogen-bond acceptors (Lipinski definition) is 7. The minimum atomic E-state index is -0.792. The Morgan fingerprint density at radius 1 is 1.50 bits per heavy atom. The van der Waals surface area contributed by atoms with E-state index in [1.807, 2.05) is 6.26 Å². The summed E-state index contributed by atoms with van der Waals surface area (Å²) in [5.41, 5.74) is 4.69. The SMILES string of the molecule is CSc1nnc(SC(C)CC(C)(O)CN)s1. The van der Waals surface area contributed by atoms with Crippen molar-refractivity contribution >= 4 is 34.9 Å². The van der Waals surface area contributed by atoms with Crippen molar-refractivity contribution in [1.29, 1.82) is 0 Å². The van der Waals surface area contributed by atoms with E-state index in [4.69, 9.17) is 5.73 Å². The molecular weight excluding hydrogens is 262 g/mol. The van der Waals surface area contributed by atoms with Gasteiger partial charge in [0.2, 0.25) is 0 Å². The first-order valence-corrected chi connectivity index (χ1v) is 7.85. The molecule has 0 radical (unpaired) electrons. The highest BCUT2D eigenvalue weighted by molar-refractivity contribution is 8.03. The van der Waals surface area contributed by atoms with Gasteiger partial charge in [-0.2, -0.15) is 0 Å². The van der Waals surface area contributed by atoms with Crippen molar-refractivity contribution in [2.24, 2.45) is 5.73 Å². The van der Waals surface area contributed by atoms with Crippen molar-refractivity contribution in [2.45, 2.75) is 39.8 Å². The van der Waals surface area contributed by atoms with Crippen LogP contribution in [0.15, 0.2) is 8.68 Å². The van der Waals surface area contributed by atoms with E-state index in [1.54, 1.807) is 41.8 Å². The van der Waals surface area contributed by atoms with Gasteiger partial charge in [-0.1, -0.05) is 41.8 Å². The van der Waals surface area contributed by atoms with Gasteiger partial charge in [0.05, 0.1) is 5.60 Å². The molecule has 0 spiro atoms. The second-order valence-electron chi connectivity index (χ2n) is 3.87. The van der Waals surface area contributed by atoms with Gasteiger partial charge >= 0.3 is 0 Å². The molecule has 0 fully saturated rings. The first-order chi connectivity index (χ1) is 7.46. The molecule has 4 nitrogen and oxygen atoms in total. The molecule has 1 heterocycles. The second-order valence-corrected chi connectivity index (χ2v) is 7.59. The lowest BCUT2D eigenvalue weighted by molar-refractivity contribution is 0.0608. The Morgan fingerprint density at radius 3 is 2.62 bits per heavy atom. The molecule has 0 saturated carbocycles. The van der Waals surface area contributed by atoms with E-state index in [2.05, 4.69) is 17.1 Å². The minimum absolute atomic E-state index is 0.279. The molecule has 0 aromatic carbocycles. The van der Waals surface area contributed by atoms with E-state index in [9.17, 15) is 5.11 Å². The van der Waals surface area contributed by atoms with E-state index in [-0.39, 0.29) is 11.8 Å². The summed E-state index contributed by atoms with van der Waals surface area (Å²) in [5.74, 6) is 0. The van der Waals surface area contributed by atoms with E-state index < -0.39 is 5.60 Å². The van der Waals surface area contributed by atoms with Gasteiger partial charge in [0, 0.05) is 11.8 Å². The number of nitrogens with two attached hydrogens (primary N) is 1. The molecule has 0 saturated heterocycles. The Hall–Kier alpha value is 0.180. The molecule has 0 aliphatic heterocycles. The zero-order valence-corrected chi connectivity index (χ0v) is 12.1. The normalized spacial score (nSPS) is 17.1. The number of nitrogens with zero attached hydrogens (tertiary/aromatic N) is 2. The van der Waals surface area contributed by atoms with Gasteiger partial charge in [0.15, 0.2) is 8.68 Å². The minimum Gasteiger partial charge on any atom is -0.389 e. The molecule has 1 aromatic rings. The Balaban J connectivity index is 2.48. The monoisotopic (exact) mass is 279 g/mol. The van der Waals surface area contributed by atoms with E-state index in [1.165, 1.54) is 0 Å². The molecule has 7 heteroatoms. The first-order valence-electron chi connectivity index (χ1n) is 4.93. The summed E-state index contributed by atoms with van der Waals surface area (Å²) >= 11 is 4.82. The molecule has 92 valence electrons. The van der Waals surface area contributed by atoms with Crippen molar-refractivity contribution < 1.29 is 5.11 Å². The molecular formula is C9H17N3OS3. The highest BCUT2D eigenvalue weighted by atomic mass is 32.2. The molecule has 0 aliphatic rings. The summed E-state index contributed by atoms with van der Waals surface area (Å²) in [5, 5.41) is 18.2. The summed E-state index contributed by atoms with van der Waals surface area (Å²) in [6.07, 6.45) is 2.64. The lowest BCUT2D eigenvalue weighted by Gasteiger charge is -2.23. The molecule has 2 unspecified atom stereocenters. The van der Waals surface area contributed by atoms with Gasteiger partial charge in [0.25, 0.3) is 0 Å². The van der Waals surface area contributed by atoms with Gasteiger partial charge in [-0.05, 0) is 19.6 Å². The fraction of sp³-hybridized carbons (Fsp3) is 0.778. The van der Waals surface area contributed by atoms with Gasteiger partial charge in [-0.25, -0.2) is 0 Å². The molecule has 16 heavy (non-hydrogen) atoms. The van der Waals surface area contributed by atoms with Crippen LogP contribution < -0.4 is 5.73 Å². The predicted molar refractivity (Wildman–Crippen MR) is 71.3 cm³/mol. The van der Waals surface area contributed by atoms with Crippen LogP contribution in [-0.2, 0) is 0 Å². The van der Waals surface area contributed by atoms with Crippen LogP contribution in [-0.4, -0.2) is 39.0 Å². The molecule has 1 aromatic heterocycles. The molecule has 2 atom stereocenters. The fourth-order valence-corrected chi connectivity index (χ4v) is 4.20. The van der Waals surface area contributed by atoms with Gasteiger partial charge < -0.3 is 10.8 Å². The average molecular weight is 279 g/mol. The van der Waals surface area contributed by atoms with Crippen molar-refractivity contribution in [3.05, 3.63) is 0 Å². The van der Waals surface area contributed by atoms with Gasteiger partial charge in [-0.3, -0.25) is 0 Å². The summed E-state index contributed by atoms with van der Waals surface area (Å²) in [7, 11) is 0. The Bertz CT molecular complexity index is 330. The average Bonchev–Trinajstić information content (AvgIpc) is 2.64. The van der Waals surface area contributed by atoms with Gasteiger partial charge in [-0.15, -0.1) is 10.2 Å². The summed E-state index contributed by atoms with van der Waals surface area (Å²) in [6.45, 7) is 4.11. The Morgan fingerprint density at radius 2 is 2.12 bits per heavy atom. The standard InChI is InChI=1S/C9H17N3OS3/c1-6(4-9(2,13)5-10)15-8-12-11-7(14-3)16-8/h6,13H,4-5,10H2,1-3H3. The molecule has 0 aliphatic carbocycles. The third kappa shape index (κ3) is 4.58. The van der Waals surface area contributed by atoms with E-state index >= 15 is 0 Å². The van der Waals surface area contributed by atoms with Crippen LogP contribution in [0.1, 0.15) is 20.3 Å². The summed E-state index contributed by atoms with van der Waals surface area (Å²) in [4.78, 5) is 0. The van der Waals surface area contributed by atoms with Crippen LogP contribution in [0.4, 0.5) is 0 Å². The van der Waals surface area contributed by atoms with Crippen LogP contribution in [0.25, 0.3) is 0 Å². The maximum absolute atomic E-state index is 9.85. The number of rotatable bonds is 6. The Labute approximate surface area is 108 Å². The largest absolute Gasteiger partial charge is 0.389 e. The first kappa shape index (κ1) is 14.2. The third-order valence-corrected chi connectivity index (χ3v) is 5.12. The lowest BCUT2D eigenvalue weighted by Crippen LogP contribution is -2.36.